The summed E-state index contributed by atoms with van der Waals surface area (Å²) >= 11 is 1.11. The molecule has 1 fully saturated rings. The van der Waals surface area contributed by atoms with Crippen LogP contribution in [0.15, 0.2) is 24.3 Å². The number of benzene rings is 1. The highest BCUT2D eigenvalue weighted by molar-refractivity contribution is 8.13. The topological polar surface area (TPSA) is 121 Å². The van der Waals surface area contributed by atoms with Crippen LogP contribution in [-0.4, -0.2) is 71.3 Å². The Morgan fingerprint density at radius 2 is 2.06 bits per heavy atom. The SMILES string of the molecule is CCSC(=O)N(CC(=O)[C@H](CC(C)C)NC(=O)c1cc2c(OC)cccc2[nH]1)C[C@@H]1CCNC1=O. The number of methoxy groups -OCH3 is 1. The summed E-state index contributed by atoms with van der Waals surface area (Å²) in [6, 6.07) is 6.42. The third-order valence-electron chi connectivity index (χ3n) is 5.97. The zero-order valence-electron chi connectivity index (χ0n) is 20.7. The Morgan fingerprint density at radius 3 is 2.69 bits per heavy atom. The Hall–Kier alpha value is -3.01. The molecular formula is C25H34N4O5S. The molecule has 9 nitrogen and oxygen atoms in total. The van der Waals surface area contributed by atoms with E-state index >= 15 is 0 Å². The molecule has 0 radical (unpaired) electrons. The van der Waals surface area contributed by atoms with Crippen molar-refractivity contribution in [3.8, 4) is 5.75 Å². The Balaban J connectivity index is 1.76. The number of H-pyrrole nitrogens is 1. The van der Waals surface area contributed by atoms with Crippen molar-refractivity contribution in [2.45, 2.75) is 39.7 Å². The van der Waals surface area contributed by atoms with Crippen molar-refractivity contribution >= 4 is 45.5 Å². The maximum absolute atomic E-state index is 13.3. The lowest BCUT2D eigenvalue weighted by Gasteiger charge is -2.26. The largest absolute Gasteiger partial charge is 0.496 e. The fraction of sp³-hybridized carbons (Fsp3) is 0.520. The van der Waals surface area contributed by atoms with E-state index in [0.717, 1.165) is 22.7 Å². The van der Waals surface area contributed by atoms with Crippen LogP contribution in [0.1, 0.15) is 44.1 Å². The summed E-state index contributed by atoms with van der Waals surface area (Å²) in [5.74, 6) is 0.258. The highest BCUT2D eigenvalue weighted by Gasteiger charge is 2.31. The van der Waals surface area contributed by atoms with Crippen LogP contribution in [0.2, 0.25) is 0 Å². The second-order valence-corrected chi connectivity index (χ2v) is 10.3. The van der Waals surface area contributed by atoms with Crippen molar-refractivity contribution in [3.63, 3.8) is 0 Å². The Kier molecular flexibility index (Phi) is 9.20. The normalized spacial score (nSPS) is 16.3. The van der Waals surface area contributed by atoms with Gasteiger partial charge in [0.05, 0.1) is 25.6 Å². The van der Waals surface area contributed by atoms with E-state index in [1.54, 1.807) is 13.2 Å². The number of amides is 3. The fourth-order valence-electron chi connectivity index (χ4n) is 4.21. The second kappa shape index (κ2) is 12.1. The molecular weight excluding hydrogens is 468 g/mol. The lowest BCUT2D eigenvalue weighted by Crippen LogP contribution is -2.48. The number of thioether (sulfide) groups is 1. The van der Waals surface area contributed by atoms with Crippen molar-refractivity contribution in [2.24, 2.45) is 11.8 Å². The average molecular weight is 503 g/mol. The van der Waals surface area contributed by atoms with E-state index in [1.807, 2.05) is 39.0 Å². The van der Waals surface area contributed by atoms with E-state index in [4.69, 9.17) is 4.74 Å². The van der Waals surface area contributed by atoms with Crippen LogP contribution < -0.4 is 15.4 Å². The number of Topliss-reactive ketones (excluding diaryl/α,β-unsaturated/α-hetero) is 1. The summed E-state index contributed by atoms with van der Waals surface area (Å²) in [5.41, 5.74) is 1.08. The minimum Gasteiger partial charge on any atom is -0.496 e. The molecule has 0 saturated carbocycles. The van der Waals surface area contributed by atoms with Gasteiger partial charge >= 0.3 is 0 Å². The first-order valence-electron chi connectivity index (χ1n) is 11.9. The van der Waals surface area contributed by atoms with Crippen LogP contribution in [0.3, 0.4) is 0 Å². The van der Waals surface area contributed by atoms with Gasteiger partial charge in [0.2, 0.25) is 5.91 Å². The zero-order chi connectivity index (χ0) is 25.5. The molecule has 10 heteroatoms. The Labute approximate surface area is 209 Å². The molecule has 35 heavy (non-hydrogen) atoms. The van der Waals surface area contributed by atoms with E-state index in [1.165, 1.54) is 4.90 Å². The number of nitrogens with one attached hydrogen (secondary N) is 3. The summed E-state index contributed by atoms with van der Waals surface area (Å²) in [5, 5.41) is 6.17. The lowest BCUT2D eigenvalue weighted by atomic mass is 9.99. The summed E-state index contributed by atoms with van der Waals surface area (Å²) in [7, 11) is 1.57. The minimum atomic E-state index is -0.768. The second-order valence-electron chi connectivity index (χ2n) is 9.08. The third kappa shape index (κ3) is 6.78. The molecule has 0 aliphatic carbocycles. The molecule has 0 bridgehead atoms. The molecule has 1 saturated heterocycles. The number of carbonyl (C=O) groups is 4. The number of hydrogen-bond acceptors (Lipinski definition) is 6. The Morgan fingerprint density at radius 1 is 1.29 bits per heavy atom. The molecule has 190 valence electrons. The average Bonchev–Trinajstić information content (AvgIpc) is 3.43. The first-order chi connectivity index (χ1) is 16.7. The van der Waals surface area contributed by atoms with Crippen LogP contribution in [0.5, 0.6) is 5.75 Å². The summed E-state index contributed by atoms with van der Waals surface area (Å²) in [4.78, 5) is 55.7. The maximum Gasteiger partial charge on any atom is 0.282 e. The summed E-state index contributed by atoms with van der Waals surface area (Å²) in [6.45, 7) is 6.41. The predicted molar refractivity (Wildman–Crippen MR) is 137 cm³/mol. The van der Waals surface area contributed by atoms with Gasteiger partial charge < -0.3 is 25.3 Å². The number of carbonyl (C=O) groups excluding carboxylic acids is 4. The van der Waals surface area contributed by atoms with E-state index in [0.29, 0.717) is 36.6 Å². The van der Waals surface area contributed by atoms with Gasteiger partial charge in [0.15, 0.2) is 5.78 Å². The van der Waals surface area contributed by atoms with Crippen molar-refractivity contribution < 1.29 is 23.9 Å². The van der Waals surface area contributed by atoms with Crippen LogP contribution in [-0.2, 0) is 9.59 Å². The molecule has 2 atom stereocenters. The number of aromatic nitrogens is 1. The zero-order valence-corrected chi connectivity index (χ0v) is 21.5. The molecule has 3 rings (SSSR count). The van der Waals surface area contributed by atoms with Gasteiger partial charge in [-0.25, -0.2) is 0 Å². The van der Waals surface area contributed by atoms with Gasteiger partial charge in [-0.3, -0.25) is 19.2 Å². The van der Waals surface area contributed by atoms with Crippen LogP contribution in [0.4, 0.5) is 4.79 Å². The van der Waals surface area contributed by atoms with Crippen LogP contribution in [0, 0.1) is 11.8 Å². The standard InChI is InChI=1S/C25H34N4O5S/c1-5-35-25(33)29(13-16-9-10-26-23(16)31)14-21(30)19(11-15(2)3)28-24(32)20-12-17-18(27-20)7-6-8-22(17)34-4/h6-8,12,15-16,19,27H,5,9-11,13-14H2,1-4H3,(H,26,31)(H,28,32)/t16-,19-/m0/s1. The third-order valence-corrected chi connectivity index (χ3v) is 6.76. The van der Waals surface area contributed by atoms with Gasteiger partial charge in [0, 0.05) is 24.0 Å². The first-order valence-corrected chi connectivity index (χ1v) is 12.9. The number of nitrogens with zero attached hydrogens (tertiary/aromatic N) is 1. The fourth-order valence-corrected chi connectivity index (χ4v) is 4.78. The highest BCUT2D eigenvalue weighted by Crippen LogP contribution is 2.26. The van der Waals surface area contributed by atoms with Gasteiger partial charge in [-0.15, -0.1) is 0 Å². The maximum atomic E-state index is 13.3. The van der Waals surface area contributed by atoms with Gasteiger partial charge in [-0.05, 0) is 42.7 Å². The molecule has 1 aliphatic heterocycles. The molecule has 1 aliphatic rings. The van der Waals surface area contributed by atoms with Gasteiger partial charge in [0.25, 0.3) is 11.1 Å². The predicted octanol–water partition coefficient (Wildman–Crippen LogP) is 3.20. The summed E-state index contributed by atoms with van der Waals surface area (Å²) in [6.07, 6.45) is 1.06. The summed E-state index contributed by atoms with van der Waals surface area (Å²) < 4.78 is 5.37. The number of ether oxygens (including phenoxy) is 1. The van der Waals surface area contributed by atoms with Crippen LogP contribution in [0.25, 0.3) is 10.9 Å². The lowest BCUT2D eigenvalue weighted by molar-refractivity contribution is -0.124. The molecule has 2 aromatic rings. The molecule has 2 heterocycles. The van der Waals surface area contributed by atoms with Crippen molar-refractivity contribution in [3.05, 3.63) is 30.0 Å². The molecule has 3 N–H and O–H groups in total. The van der Waals surface area contributed by atoms with Crippen molar-refractivity contribution in [1.82, 2.24) is 20.5 Å². The first kappa shape index (κ1) is 26.6. The monoisotopic (exact) mass is 502 g/mol. The Bertz CT molecular complexity index is 1080. The van der Waals surface area contributed by atoms with Gasteiger partial charge in [-0.2, -0.15) is 0 Å². The van der Waals surface area contributed by atoms with Gasteiger partial charge in [-0.1, -0.05) is 38.6 Å². The van der Waals surface area contributed by atoms with E-state index in [2.05, 4.69) is 15.6 Å². The molecule has 1 aromatic carbocycles. The number of hydrogen-bond donors (Lipinski definition) is 3. The van der Waals surface area contributed by atoms with E-state index < -0.39 is 11.9 Å². The number of ketones is 1. The molecule has 0 spiro atoms. The molecule has 0 unspecified atom stereocenters. The smallest absolute Gasteiger partial charge is 0.282 e. The van der Waals surface area contributed by atoms with Gasteiger partial charge in [0.1, 0.15) is 11.4 Å². The van der Waals surface area contributed by atoms with E-state index in [-0.39, 0.29) is 41.9 Å². The number of rotatable bonds is 11. The molecule has 1 aromatic heterocycles. The molecule has 3 amide bonds. The van der Waals surface area contributed by atoms with E-state index in [9.17, 15) is 19.2 Å². The number of aromatic amines is 1. The quantitative estimate of drug-likeness (QED) is 0.434. The minimum absolute atomic E-state index is 0.0991. The highest BCUT2D eigenvalue weighted by atomic mass is 32.2. The van der Waals surface area contributed by atoms with Crippen molar-refractivity contribution in [1.29, 1.82) is 0 Å². The number of fused-ring (bicyclic) bond motifs is 1. The van der Waals surface area contributed by atoms with Crippen LogP contribution >= 0.6 is 11.8 Å². The van der Waals surface area contributed by atoms with Crippen molar-refractivity contribution in [2.75, 3.05) is 32.5 Å².